The molecule has 1 aromatic carbocycles. The monoisotopic (exact) mass is 381 g/mol. The summed E-state index contributed by atoms with van der Waals surface area (Å²) in [5, 5.41) is 0. The van der Waals surface area contributed by atoms with Crippen LogP contribution in [0.4, 0.5) is 0 Å². The smallest absolute Gasteiger partial charge is 0.318 e. The van der Waals surface area contributed by atoms with E-state index < -0.39 is 5.41 Å². The van der Waals surface area contributed by atoms with Gasteiger partial charge in [-0.2, -0.15) is 0 Å². The fraction of sp³-hybridized carbons (Fsp3) is 0.429. The number of imidazole rings is 1. The Morgan fingerprint density at radius 1 is 1.29 bits per heavy atom. The van der Waals surface area contributed by atoms with E-state index in [1.807, 2.05) is 13.8 Å². The Kier molecular flexibility index (Phi) is 4.14. The summed E-state index contributed by atoms with van der Waals surface area (Å²) < 4.78 is 5.04. The van der Waals surface area contributed by atoms with E-state index in [4.69, 9.17) is 4.74 Å². The van der Waals surface area contributed by atoms with Crippen molar-refractivity contribution in [1.82, 2.24) is 14.9 Å². The number of nitrogens with zero attached hydrogens (tertiary/aromatic N) is 2. The van der Waals surface area contributed by atoms with Crippen LogP contribution in [0.15, 0.2) is 36.8 Å². The van der Waals surface area contributed by atoms with Gasteiger partial charge in [-0.1, -0.05) is 26.0 Å². The number of esters is 1. The van der Waals surface area contributed by atoms with E-state index >= 15 is 0 Å². The van der Waals surface area contributed by atoms with E-state index in [0.29, 0.717) is 36.2 Å². The van der Waals surface area contributed by atoms with Gasteiger partial charge in [-0.3, -0.25) is 19.3 Å². The number of amides is 2. The third kappa shape index (κ3) is 2.73. The molecule has 2 unspecified atom stereocenters. The molecular formula is C21H23N3O4. The lowest BCUT2D eigenvalue weighted by molar-refractivity contribution is -0.144. The van der Waals surface area contributed by atoms with Gasteiger partial charge in [0.05, 0.1) is 30.3 Å². The number of nitrogens with one attached hydrogen (secondary N) is 1. The van der Waals surface area contributed by atoms with Crippen molar-refractivity contribution in [3.63, 3.8) is 0 Å². The van der Waals surface area contributed by atoms with E-state index in [1.54, 1.807) is 36.8 Å². The lowest BCUT2D eigenvalue weighted by Crippen LogP contribution is -2.39. The van der Waals surface area contributed by atoms with Gasteiger partial charge in [0, 0.05) is 12.7 Å². The molecule has 2 heterocycles. The fourth-order valence-corrected chi connectivity index (χ4v) is 4.47. The molecule has 0 saturated heterocycles. The SMILES string of the molecule is COC(=O)C1(c2c[nH]cn2)CC1CC(C)(C)CN1C(=O)c2ccccc2C1=O. The van der Waals surface area contributed by atoms with Crippen molar-refractivity contribution in [2.75, 3.05) is 13.7 Å². The minimum atomic E-state index is -0.742. The number of hydrogen-bond donors (Lipinski definition) is 1. The van der Waals surface area contributed by atoms with Gasteiger partial charge in [0.25, 0.3) is 11.8 Å². The van der Waals surface area contributed by atoms with Gasteiger partial charge in [-0.05, 0) is 36.3 Å². The van der Waals surface area contributed by atoms with Crippen molar-refractivity contribution >= 4 is 17.8 Å². The zero-order valence-electron chi connectivity index (χ0n) is 16.2. The summed E-state index contributed by atoms with van der Waals surface area (Å²) in [5.74, 6) is -0.749. The van der Waals surface area contributed by atoms with Crippen LogP contribution >= 0.6 is 0 Å². The molecule has 1 aliphatic heterocycles. The lowest BCUT2D eigenvalue weighted by atomic mass is 9.83. The van der Waals surface area contributed by atoms with Crippen molar-refractivity contribution in [3.8, 4) is 0 Å². The topological polar surface area (TPSA) is 92.4 Å². The molecule has 0 spiro atoms. The van der Waals surface area contributed by atoms with Crippen LogP contribution in [0.3, 0.4) is 0 Å². The molecule has 0 radical (unpaired) electrons. The Balaban J connectivity index is 1.51. The zero-order chi connectivity index (χ0) is 20.1. The van der Waals surface area contributed by atoms with Gasteiger partial charge in [-0.15, -0.1) is 0 Å². The number of ether oxygens (including phenoxy) is 1. The highest BCUT2D eigenvalue weighted by Crippen LogP contribution is 2.58. The molecule has 2 aliphatic rings. The standard InChI is InChI=1S/C21H23N3O4/c1-20(2,11-24-17(25)14-6-4-5-7-15(14)18(24)26)8-13-9-21(13,19(27)28-3)16-10-22-12-23-16/h4-7,10,12-13H,8-9,11H2,1-3H3,(H,22,23). The molecular weight excluding hydrogens is 358 g/mol. The molecule has 7 heteroatoms. The molecule has 1 saturated carbocycles. The normalized spacial score (nSPS) is 23.7. The maximum atomic E-state index is 12.7. The molecule has 2 amide bonds. The quantitative estimate of drug-likeness (QED) is 0.613. The molecule has 1 aliphatic carbocycles. The van der Waals surface area contributed by atoms with Gasteiger partial charge < -0.3 is 9.72 Å². The fourth-order valence-electron chi connectivity index (χ4n) is 4.47. The third-order valence-electron chi connectivity index (χ3n) is 5.87. The average Bonchev–Trinajstić information content (AvgIpc) is 3.03. The summed E-state index contributed by atoms with van der Waals surface area (Å²) in [6.07, 6.45) is 4.60. The largest absolute Gasteiger partial charge is 0.468 e. The molecule has 2 atom stereocenters. The summed E-state index contributed by atoms with van der Waals surface area (Å²) in [6, 6.07) is 6.89. The van der Waals surface area contributed by atoms with Crippen LogP contribution in [-0.4, -0.2) is 46.3 Å². The number of H-pyrrole nitrogens is 1. The zero-order valence-corrected chi connectivity index (χ0v) is 16.2. The van der Waals surface area contributed by atoms with Gasteiger partial charge in [0.2, 0.25) is 0 Å². The van der Waals surface area contributed by atoms with Crippen molar-refractivity contribution in [1.29, 1.82) is 0 Å². The summed E-state index contributed by atoms with van der Waals surface area (Å²) in [5.41, 5.74) is 0.490. The molecule has 0 bridgehead atoms. The first-order valence-electron chi connectivity index (χ1n) is 9.33. The van der Waals surface area contributed by atoms with Crippen molar-refractivity contribution in [2.45, 2.75) is 32.1 Å². The van der Waals surface area contributed by atoms with Crippen LogP contribution in [0.5, 0.6) is 0 Å². The summed E-state index contributed by atoms with van der Waals surface area (Å²) in [6.45, 7) is 4.33. The highest BCUT2D eigenvalue weighted by atomic mass is 16.5. The Labute approximate surface area is 163 Å². The summed E-state index contributed by atoms with van der Waals surface area (Å²) in [4.78, 5) is 46.3. The van der Waals surface area contributed by atoms with Crippen LogP contribution in [0.2, 0.25) is 0 Å². The molecule has 28 heavy (non-hydrogen) atoms. The van der Waals surface area contributed by atoms with Crippen LogP contribution < -0.4 is 0 Å². The molecule has 4 rings (SSSR count). The van der Waals surface area contributed by atoms with Crippen LogP contribution in [-0.2, 0) is 14.9 Å². The molecule has 1 aromatic heterocycles. The molecule has 1 fully saturated rings. The Hall–Kier alpha value is -2.96. The molecule has 2 aromatic rings. The van der Waals surface area contributed by atoms with E-state index in [9.17, 15) is 14.4 Å². The number of imide groups is 1. The Bertz CT molecular complexity index is 915. The number of hydrogen-bond acceptors (Lipinski definition) is 5. The van der Waals surface area contributed by atoms with Gasteiger partial charge in [0.1, 0.15) is 5.41 Å². The number of aromatic nitrogens is 2. The first kappa shape index (κ1) is 18.4. The summed E-state index contributed by atoms with van der Waals surface area (Å²) in [7, 11) is 1.38. The minimum absolute atomic E-state index is 0.0495. The van der Waals surface area contributed by atoms with E-state index in [1.165, 1.54) is 12.0 Å². The van der Waals surface area contributed by atoms with E-state index in [0.717, 1.165) is 0 Å². The third-order valence-corrected chi connectivity index (χ3v) is 5.87. The number of aromatic amines is 1. The number of methoxy groups -OCH3 is 1. The van der Waals surface area contributed by atoms with Crippen molar-refractivity contribution < 1.29 is 19.1 Å². The van der Waals surface area contributed by atoms with Crippen LogP contribution in [0.1, 0.15) is 53.1 Å². The van der Waals surface area contributed by atoms with E-state index in [2.05, 4.69) is 9.97 Å². The number of benzene rings is 1. The Morgan fingerprint density at radius 2 is 1.93 bits per heavy atom. The predicted molar refractivity (Wildman–Crippen MR) is 101 cm³/mol. The first-order chi connectivity index (χ1) is 13.3. The summed E-state index contributed by atoms with van der Waals surface area (Å²) >= 11 is 0. The maximum Gasteiger partial charge on any atom is 0.318 e. The number of fused-ring (bicyclic) bond motifs is 1. The van der Waals surface area contributed by atoms with Crippen molar-refractivity contribution in [2.24, 2.45) is 11.3 Å². The maximum absolute atomic E-state index is 12.7. The Morgan fingerprint density at radius 3 is 2.46 bits per heavy atom. The predicted octanol–water partition coefficient (Wildman–Crippen LogP) is 2.55. The first-order valence-corrected chi connectivity index (χ1v) is 9.33. The minimum Gasteiger partial charge on any atom is -0.468 e. The molecule has 146 valence electrons. The second-order valence-corrected chi connectivity index (χ2v) is 8.43. The second-order valence-electron chi connectivity index (χ2n) is 8.43. The van der Waals surface area contributed by atoms with Gasteiger partial charge in [-0.25, -0.2) is 4.98 Å². The number of carbonyl (C=O) groups excluding carboxylic acids is 3. The van der Waals surface area contributed by atoms with Gasteiger partial charge >= 0.3 is 5.97 Å². The van der Waals surface area contributed by atoms with Crippen molar-refractivity contribution in [3.05, 3.63) is 53.6 Å². The van der Waals surface area contributed by atoms with Gasteiger partial charge in [0.15, 0.2) is 0 Å². The highest BCUT2D eigenvalue weighted by molar-refractivity contribution is 6.21. The second kappa shape index (κ2) is 6.29. The highest BCUT2D eigenvalue weighted by Gasteiger charge is 2.64. The molecule has 1 N–H and O–H groups in total. The van der Waals surface area contributed by atoms with Crippen LogP contribution in [0.25, 0.3) is 0 Å². The number of rotatable bonds is 6. The van der Waals surface area contributed by atoms with E-state index in [-0.39, 0.29) is 29.1 Å². The van der Waals surface area contributed by atoms with Crippen LogP contribution in [0, 0.1) is 11.3 Å². The average molecular weight is 381 g/mol. The number of carbonyl (C=O) groups is 3. The lowest BCUT2D eigenvalue weighted by Gasteiger charge is -2.30. The molecule has 7 nitrogen and oxygen atoms in total.